The Morgan fingerprint density at radius 2 is 2.19 bits per heavy atom. The molecule has 0 bridgehead atoms. The molecule has 4 heteroatoms. The number of nitrogens with zero attached hydrogens (tertiary/aromatic N) is 1. The average molecular weight is 290 g/mol. The molecule has 1 aromatic carbocycles. The van der Waals surface area contributed by atoms with Crippen LogP contribution in [0, 0.1) is 11.7 Å². The second kappa shape index (κ2) is 5.76. The molecule has 1 N–H and O–H groups in total. The number of carbonyl (C=O) groups excluding carboxylic acids is 1. The Bertz CT molecular complexity index is 527. The minimum atomic E-state index is -0.317. The Labute approximate surface area is 125 Å². The van der Waals surface area contributed by atoms with Gasteiger partial charge in [-0.3, -0.25) is 10.1 Å². The third-order valence-corrected chi connectivity index (χ3v) is 4.73. The molecule has 1 aromatic rings. The number of rotatable bonds is 4. The third kappa shape index (κ3) is 3.10. The van der Waals surface area contributed by atoms with E-state index in [-0.39, 0.29) is 17.3 Å². The molecule has 0 radical (unpaired) electrons. The van der Waals surface area contributed by atoms with E-state index in [1.807, 2.05) is 17.0 Å². The maximum absolute atomic E-state index is 13.9. The molecule has 114 valence electrons. The van der Waals surface area contributed by atoms with Crippen LogP contribution in [0.2, 0.25) is 0 Å². The highest BCUT2D eigenvalue weighted by Crippen LogP contribution is 2.46. The smallest absolute Gasteiger partial charge is 0.236 e. The Kier molecular flexibility index (Phi) is 3.98. The molecule has 1 atom stereocenters. The minimum absolute atomic E-state index is 0.143. The fourth-order valence-corrected chi connectivity index (χ4v) is 3.29. The number of likely N-dealkylation sites (tertiary alicyclic amines) is 1. The molecule has 1 aliphatic heterocycles. The largest absolute Gasteiger partial charge is 0.341 e. The Hall–Kier alpha value is -1.42. The van der Waals surface area contributed by atoms with Crippen LogP contribution in [0.1, 0.15) is 38.2 Å². The van der Waals surface area contributed by atoms with Gasteiger partial charge in [-0.1, -0.05) is 25.1 Å². The molecular formula is C17H23FN2O. The summed E-state index contributed by atoms with van der Waals surface area (Å²) in [5, 5.41) is 3.31. The Morgan fingerprint density at radius 1 is 1.43 bits per heavy atom. The van der Waals surface area contributed by atoms with Gasteiger partial charge in [-0.2, -0.15) is 0 Å². The second-order valence-electron chi connectivity index (χ2n) is 6.50. The summed E-state index contributed by atoms with van der Waals surface area (Å²) in [6.07, 6.45) is 4.09. The van der Waals surface area contributed by atoms with Crippen molar-refractivity contribution in [2.24, 2.45) is 5.92 Å². The number of carbonyl (C=O) groups is 1. The Morgan fingerprint density at radius 3 is 2.86 bits per heavy atom. The summed E-state index contributed by atoms with van der Waals surface area (Å²) in [4.78, 5) is 14.2. The molecule has 1 saturated heterocycles. The number of nitrogens with one attached hydrogen (secondary N) is 1. The second-order valence-corrected chi connectivity index (χ2v) is 6.50. The summed E-state index contributed by atoms with van der Waals surface area (Å²) in [6, 6.07) is 6.87. The number of amides is 1. The van der Waals surface area contributed by atoms with E-state index < -0.39 is 0 Å². The quantitative estimate of drug-likeness (QED) is 0.924. The zero-order valence-corrected chi connectivity index (χ0v) is 12.6. The van der Waals surface area contributed by atoms with Crippen LogP contribution < -0.4 is 5.32 Å². The SMILES string of the molecule is CC1CCCN(C(=O)CNC2(c3ccccc3F)CC2)C1. The maximum atomic E-state index is 13.9. The van der Waals surface area contributed by atoms with Crippen molar-refractivity contribution in [1.29, 1.82) is 0 Å². The first-order chi connectivity index (χ1) is 10.1. The van der Waals surface area contributed by atoms with Gasteiger partial charge < -0.3 is 4.90 Å². The normalized spacial score (nSPS) is 23.9. The average Bonchev–Trinajstić information content (AvgIpc) is 3.26. The summed E-state index contributed by atoms with van der Waals surface area (Å²) < 4.78 is 13.9. The van der Waals surface area contributed by atoms with Crippen LogP contribution in [0.25, 0.3) is 0 Å². The molecule has 0 spiro atoms. The minimum Gasteiger partial charge on any atom is -0.341 e. The fraction of sp³-hybridized carbons (Fsp3) is 0.588. The van der Waals surface area contributed by atoms with Gasteiger partial charge in [0.15, 0.2) is 0 Å². The molecule has 1 amide bonds. The van der Waals surface area contributed by atoms with Crippen molar-refractivity contribution in [3.05, 3.63) is 35.6 Å². The zero-order valence-electron chi connectivity index (χ0n) is 12.6. The van der Waals surface area contributed by atoms with E-state index in [0.29, 0.717) is 18.0 Å². The maximum Gasteiger partial charge on any atom is 0.236 e. The molecule has 1 aliphatic carbocycles. The van der Waals surface area contributed by atoms with Crippen LogP contribution in [0.4, 0.5) is 4.39 Å². The third-order valence-electron chi connectivity index (χ3n) is 4.73. The van der Waals surface area contributed by atoms with Crippen LogP contribution in [0.5, 0.6) is 0 Å². The van der Waals surface area contributed by atoms with Gasteiger partial charge in [0.1, 0.15) is 5.82 Å². The molecule has 3 nitrogen and oxygen atoms in total. The monoisotopic (exact) mass is 290 g/mol. The molecule has 1 heterocycles. The van der Waals surface area contributed by atoms with E-state index in [2.05, 4.69) is 12.2 Å². The number of hydrogen-bond acceptors (Lipinski definition) is 2. The fourth-order valence-electron chi connectivity index (χ4n) is 3.29. The molecular weight excluding hydrogens is 267 g/mol. The lowest BCUT2D eigenvalue weighted by atomic mass is 10.00. The van der Waals surface area contributed by atoms with Crippen LogP contribution in [0.15, 0.2) is 24.3 Å². The standard InChI is InChI=1S/C17H23FN2O/c1-13-5-4-10-20(12-13)16(21)11-19-17(8-9-17)14-6-2-3-7-15(14)18/h2-3,6-7,13,19H,4-5,8-12H2,1H3. The predicted octanol–water partition coefficient (Wildman–Crippen LogP) is 2.66. The molecule has 2 fully saturated rings. The van der Waals surface area contributed by atoms with Gasteiger partial charge >= 0.3 is 0 Å². The molecule has 3 rings (SSSR count). The highest BCUT2D eigenvalue weighted by molar-refractivity contribution is 5.78. The highest BCUT2D eigenvalue weighted by Gasteiger charge is 2.46. The van der Waals surface area contributed by atoms with Crippen LogP contribution in [-0.4, -0.2) is 30.4 Å². The first-order valence-corrected chi connectivity index (χ1v) is 7.88. The summed E-state index contributed by atoms with van der Waals surface area (Å²) in [6.45, 7) is 4.21. The first-order valence-electron chi connectivity index (χ1n) is 7.88. The van der Waals surface area contributed by atoms with Gasteiger partial charge in [-0.15, -0.1) is 0 Å². The number of benzene rings is 1. The van der Waals surface area contributed by atoms with Gasteiger partial charge in [0.25, 0.3) is 0 Å². The molecule has 1 unspecified atom stereocenters. The van der Waals surface area contributed by atoms with Crippen molar-refractivity contribution >= 4 is 5.91 Å². The van der Waals surface area contributed by atoms with Crippen LogP contribution >= 0.6 is 0 Å². The van der Waals surface area contributed by atoms with Crippen LogP contribution in [-0.2, 0) is 10.3 Å². The lowest BCUT2D eigenvalue weighted by Crippen LogP contribution is -2.45. The van der Waals surface area contributed by atoms with E-state index in [4.69, 9.17) is 0 Å². The van der Waals surface area contributed by atoms with E-state index in [1.165, 1.54) is 12.5 Å². The summed E-state index contributed by atoms with van der Waals surface area (Å²) in [7, 11) is 0. The molecule has 21 heavy (non-hydrogen) atoms. The number of hydrogen-bond donors (Lipinski definition) is 1. The summed E-state index contributed by atoms with van der Waals surface area (Å²) >= 11 is 0. The van der Waals surface area contributed by atoms with Crippen molar-refractivity contribution in [3.63, 3.8) is 0 Å². The van der Waals surface area contributed by atoms with Gasteiger partial charge in [0, 0.05) is 24.2 Å². The molecule has 1 saturated carbocycles. The number of halogens is 1. The van der Waals surface area contributed by atoms with Gasteiger partial charge in [0.2, 0.25) is 5.91 Å². The van der Waals surface area contributed by atoms with Crippen LogP contribution in [0.3, 0.4) is 0 Å². The Balaban J connectivity index is 1.60. The van der Waals surface area contributed by atoms with Gasteiger partial charge in [-0.05, 0) is 37.7 Å². The van der Waals surface area contributed by atoms with E-state index in [1.54, 1.807) is 6.07 Å². The summed E-state index contributed by atoms with van der Waals surface area (Å²) in [5.74, 6) is 0.551. The molecule has 2 aliphatic rings. The van der Waals surface area contributed by atoms with Crippen molar-refractivity contribution in [1.82, 2.24) is 10.2 Å². The molecule has 0 aromatic heterocycles. The topological polar surface area (TPSA) is 32.3 Å². The zero-order chi connectivity index (χ0) is 14.9. The van der Waals surface area contributed by atoms with Crippen molar-refractivity contribution in [3.8, 4) is 0 Å². The van der Waals surface area contributed by atoms with E-state index in [0.717, 1.165) is 32.4 Å². The van der Waals surface area contributed by atoms with Crippen molar-refractivity contribution < 1.29 is 9.18 Å². The van der Waals surface area contributed by atoms with Crippen molar-refractivity contribution in [2.75, 3.05) is 19.6 Å². The lowest BCUT2D eigenvalue weighted by molar-refractivity contribution is -0.132. The number of piperidine rings is 1. The highest BCUT2D eigenvalue weighted by atomic mass is 19.1. The first kappa shape index (κ1) is 14.5. The van der Waals surface area contributed by atoms with Crippen molar-refractivity contribution in [2.45, 2.75) is 38.1 Å². The van der Waals surface area contributed by atoms with Gasteiger partial charge in [0.05, 0.1) is 6.54 Å². The predicted molar refractivity (Wildman–Crippen MR) is 80.3 cm³/mol. The van der Waals surface area contributed by atoms with Gasteiger partial charge in [-0.25, -0.2) is 4.39 Å². The summed E-state index contributed by atoms with van der Waals surface area (Å²) in [5.41, 5.74) is 0.382. The lowest BCUT2D eigenvalue weighted by Gasteiger charge is -2.31. The van der Waals surface area contributed by atoms with E-state index >= 15 is 0 Å². The van der Waals surface area contributed by atoms with E-state index in [9.17, 15) is 9.18 Å².